The predicted octanol–water partition coefficient (Wildman–Crippen LogP) is 1.60. The second kappa shape index (κ2) is 8.66. The van der Waals surface area contributed by atoms with Crippen LogP contribution in [0, 0.1) is 5.92 Å². The molecule has 1 aromatic heterocycles. The molecule has 2 aliphatic heterocycles. The van der Waals surface area contributed by atoms with Crippen molar-refractivity contribution in [1.82, 2.24) is 15.1 Å². The maximum Gasteiger partial charge on any atom is 0.227 e. The molecule has 3 fully saturated rings. The number of carbonyl (C=O) groups is 1. The van der Waals surface area contributed by atoms with E-state index in [-0.39, 0.29) is 23.0 Å². The van der Waals surface area contributed by atoms with Crippen LogP contribution in [0.15, 0.2) is 21.5 Å². The van der Waals surface area contributed by atoms with Gasteiger partial charge in [-0.05, 0) is 45.1 Å². The molecule has 4 rings (SSSR count). The molecule has 1 N–H and O–H groups in total. The van der Waals surface area contributed by atoms with E-state index in [0.717, 1.165) is 64.7 Å². The lowest BCUT2D eigenvalue weighted by atomic mass is 9.93. The summed E-state index contributed by atoms with van der Waals surface area (Å²) in [6, 6.07) is 2.53. The summed E-state index contributed by atoms with van der Waals surface area (Å²) in [5, 5.41) is 3.18. The molecule has 1 aliphatic carbocycles. The van der Waals surface area contributed by atoms with Crippen molar-refractivity contribution in [3.05, 3.63) is 28.3 Å². The van der Waals surface area contributed by atoms with E-state index in [1.54, 1.807) is 0 Å². The Morgan fingerprint density at radius 2 is 2.00 bits per heavy atom. The van der Waals surface area contributed by atoms with E-state index in [9.17, 15) is 9.59 Å². The third-order valence-corrected chi connectivity index (χ3v) is 6.27. The first-order valence-corrected chi connectivity index (χ1v) is 10.5. The Bertz CT molecular complexity index is 737. The molecule has 7 heteroatoms. The zero-order chi connectivity index (χ0) is 19.5. The Kier molecular flexibility index (Phi) is 6.01. The second-order valence-corrected chi connectivity index (χ2v) is 8.40. The van der Waals surface area contributed by atoms with Gasteiger partial charge in [-0.2, -0.15) is 0 Å². The van der Waals surface area contributed by atoms with Crippen molar-refractivity contribution in [1.29, 1.82) is 0 Å². The number of hydrogen-bond donors (Lipinski definition) is 1. The second-order valence-electron chi connectivity index (χ2n) is 8.40. The van der Waals surface area contributed by atoms with E-state index >= 15 is 0 Å². The largest absolute Gasteiger partial charge is 0.490 e. The summed E-state index contributed by atoms with van der Waals surface area (Å²) in [7, 11) is 1.47. The smallest absolute Gasteiger partial charge is 0.227 e. The molecule has 0 spiro atoms. The molecular weight excluding hydrogens is 358 g/mol. The van der Waals surface area contributed by atoms with Gasteiger partial charge < -0.3 is 14.5 Å². The Morgan fingerprint density at radius 3 is 2.68 bits per heavy atom. The molecule has 28 heavy (non-hydrogen) atoms. The average molecular weight is 389 g/mol. The quantitative estimate of drug-likeness (QED) is 0.797. The maximum absolute atomic E-state index is 12.4. The van der Waals surface area contributed by atoms with Crippen molar-refractivity contribution in [3.63, 3.8) is 0 Å². The van der Waals surface area contributed by atoms with Crippen LogP contribution in [0.25, 0.3) is 0 Å². The van der Waals surface area contributed by atoms with Gasteiger partial charge in [0.15, 0.2) is 0 Å². The van der Waals surface area contributed by atoms with Crippen LogP contribution in [0.4, 0.5) is 0 Å². The molecule has 3 aliphatic rings. The number of nitrogens with zero attached hydrogens (tertiary/aromatic N) is 2. The van der Waals surface area contributed by atoms with Gasteiger partial charge in [0.2, 0.25) is 17.1 Å². The molecular formula is C21H31N3O4. The fourth-order valence-corrected chi connectivity index (χ4v) is 4.43. The Balaban J connectivity index is 1.26. The number of rotatable bonds is 6. The van der Waals surface area contributed by atoms with Crippen LogP contribution in [0.2, 0.25) is 0 Å². The van der Waals surface area contributed by atoms with E-state index in [2.05, 4.69) is 15.1 Å². The molecule has 1 saturated carbocycles. The van der Waals surface area contributed by atoms with Crippen molar-refractivity contribution in [2.75, 3.05) is 33.3 Å². The Morgan fingerprint density at radius 1 is 1.21 bits per heavy atom. The molecule has 1 amide bonds. The highest BCUT2D eigenvalue weighted by Crippen LogP contribution is 2.26. The van der Waals surface area contributed by atoms with Gasteiger partial charge >= 0.3 is 0 Å². The molecule has 154 valence electrons. The minimum absolute atomic E-state index is 0.137. The highest BCUT2D eigenvalue weighted by atomic mass is 16.5. The number of likely N-dealkylation sites (tertiary alicyclic amines) is 2. The molecule has 0 radical (unpaired) electrons. The van der Waals surface area contributed by atoms with Crippen molar-refractivity contribution in [2.24, 2.45) is 5.92 Å². The zero-order valence-electron chi connectivity index (χ0n) is 16.7. The van der Waals surface area contributed by atoms with E-state index in [0.29, 0.717) is 24.4 Å². The van der Waals surface area contributed by atoms with Crippen LogP contribution in [0.5, 0.6) is 5.75 Å². The average Bonchev–Trinajstić information content (AvgIpc) is 3.53. The number of amides is 1. The number of nitrogens with one attached hydrogen (secondary N) is 1. The van der Waals surface area contributed by atoms with E-state index in [4.69, 9.17) is 9.15 Å². The number of carbonyl (C=O) groups excluding carboxylic acids is 1. The van der Waals surface area contributed by atoms with Crippen molar-refractivity contribution in [2.45, 2.75) is 57.2 Å². The summed E-state index contributed by atoms with van der Waals surface area (Å²) < 4.78 is 10.5. The topological polar surface area (TPSA) is 75.0 Å². The van der Waals surface area contributed by atoms with Crippen LogP contribution >= 0.6 is 0 Å². The van der Waals surface area contributed by atoms with Gasteiger partial charge in [0.1, 0.15) is 12.0 Å². The highest BCUT2D eigenvalue weighted by Gasteiger charge is 2.33. The lowest BCUT2D eigenvalue weighted by Gasteiger charge is -2.42. The Labute approximate surface area is 166 Å². The molecule has 7 nitrogen and oxygen atoms in total. The first-order valence-electron chi connectivity index (χ1n) is 10.5. The lowest BCUT2D eigenvalue weighted by Crippen LogP contribution is -2.50. The predicted molar refractivity (Wildman–Crippen MR) is 105 cm³/mol. The molecule has 2 saturated heterocycles. The van der Waals surface area contributed by atoms with Gasteiger partial charge in [-0.25, -0.2) is 0 Å². The maximum atomic E-state index is 12.4. The van der Waals surface area contributed by atoms with Crippen LogP contribution in [0.1, 0.15) is 44.3 Å². The number of methoxy groups -OCH3 is 1. The first-order chi connectivity index (χ1) is 13.6. The third-order valence-electron chi connectivity index (χ3n) is 6.27. The molecule has 3 heterocycles. The SMILES string of the molecule is COc1coc(CN2CCC(N3CCC[C@@H](C(=O)NC4CC4)C3)CC2)cc1=O. The van der Waals surface area contributed by atoms with E-state index < -0.39 is 0 Å². The van der Waals surface area contributed by atoms with Gasteiger partial charge in [-0.3, -0.25) is 19.4 Å². The molecule has 1 aromatic rings. The first kappa shape index (κ1) is 19.5. The normalized spacial score (nSPS) is 24.8. The van der Waals surface area contributed by atoms with Gasteiger partial charge in [0.25, 0.3) is 0 Å². The van der Waals surface area contributed by atoms with E-state index in [1.807, 2.05) is 0 Å². The summed E-state index contributed by atoms with van der Waals surface area (Å²) in [4.78, 5) is 29.2. The van der Waals surface area contributed by atoms with E-state index in [1.165, 1.54) is 19.4 Å². The van der Waals surface area contributed by atoms with Crippen LogP contribution in [-0.2, 0) is 11.3 Å². The monoisotopic (exact) mass is 389 g/mol. The Hall–Kier alpha value is -1.86. The fraction of sp³-hybridized carbons (Fsp3) is 0.714. The van der Waals surface area contributed by atoms with Crippen LogP contribution in [0.3, 0.4) is 0 Å². The van der Waals surface area contributed by atoms with Crippen LogP contribution in [-0.4, -0.2) is 61.1 Å². The molecule has 0 unspecified atom stereocenters. The van der Waals surface area contributed by atoms with Gasteiger partial charge in [0.05, 0.1) is 19.6 Å². The molecule has 0 bridgehead atoms. The third kappa shape index (κ3) is 4.75. The lowest BCUT2D eigenvalue weighted by molar-refractivity contribution is -0.127. The van der Waals surface area contributed by atoms with Gasteiger partial charge in [-0.1, -0.05) is 0 Å². The summed E-state index contributed by atoms with van der Waals surface area (Å²) in [6.45, 7) is 4.62. The van der Waals surface area contributed by atoms with Crippen molar-refractivity contribution < 1.29 is 13.9 Å². The van der Waals surface area contributed by atoms with Crippen LogP contribution < -0.4 is 15.5 Å². The minimum Gasteiger partial charge on any atom is -0.490 e. The van der Waals surface area contributed by atoms with Crippen molar-refractivity contribution >= 4 is 5.91 Å². The standard InChI is InChI=1S/C21H31N3O4/c1-27-20-14-28-18(11-19(20)25)13-23-9-6-17(7-10-23)24-8-2-3-15(12-24)21(26)22-16-4-5-16/h11,14-17H,2-10,12-13H2,1H3,(H,22,26)/t15-/m1/s1. The fourth-order valence-electron chi connectivity index (χ4n) is 4.43. The number of piperidine rings is 2. The van der Waals surface area contributed by atoms with Crippen molar-refractivity contribution in [3.8, 4) is 5.75 Å². The van der Waals surface area contributed by atoms with Gasteiger partial charge in [-0.15, -0.1) is 0 Å². The van der Waals surface area contributed by atoms with Gasteiger partial charge in [0, 0.05) is 37.8 Å². The summed E-state index contributed by atoms with van der Waals surface area (Å²) in [6.07, 6.45) is 8.01. The highest BCUT2D eigenvalue weighted by molar-refractivity contribution is 5.79. The minimum atomic E-state index is -0.137. The summed E-state index contributed by atoms with van der Waals surface area (Å²) in [5.74, 6) is 1.34. The molecule has 1 atom stereocenters. The zero-order valence-corrected chi connectivity index (χ0v) is 16.7. The number of ether oxygens (including phenoxy) is 1. The molecule has 0 aromatic carbocycles. The summed E-state index contributed by atoms with van der Waals surface area (Å²) in [5.41, 5.74) is -0.137. The number of hydrogen-bond acceptors (Lipinski definition) is 6. The summed E-state index contributed by atoms with van der Waals surface area (Å²) >= 11 is 0.